The maximum absolute atomic E-state index is 12.1. The molecule has 6 heteroatoms. The Morgan fingerprint density at radius 2 is 2.21 bits per heavy atom. The van der Waals surface area contributed by atoms with Crippen molar-refractivity contribution in [2.24, 2.45) is 0 Å². The average molecular weight is 259 g/mol. The van der Waals surface area contributed by atoms with Gasteiger partial charge in [-0.1, -0.05) is 6.92 Å². The van der Waals surface area contributed by atoms with Gasteiger partial charge in [-0.3, -0.25) is 4.79 Å². The van der Waals surface area contributed by atoms with Crippen molar-refractivity contribution in [2.75, 3.05) is 31.1 Å². The quantitative estimate of drug-likeness (QED) is 0.802. The fraction of sp³-hybridized carbons (Fsp3) is 0.538. The number of aromatic nitrogens is 2. The second-order valence-electron chi connectivity index (χ2n) is 4.53. The van der Waals surface area contributed by atoms with Crippen molar-refractivity contribution in [2.45, 2.75) is 19.8 Å². The van der Waals surface area contributed by atoms with Crippen molar-refractivity contribution in [3.05, 3.63) is 18.1 Å². The van der Waals surface area contributed by atoms with Crippen LogP contribution in [0.3, 0.4) is 0 Å². The van der Waals surface area contributed by atoms with Gasteiger partial charge in [0.25, 0.3) is 0 Å². The summed E-state index contributed by atoms with van der Waals surface area (Å²) >= 11 is 0. The van der Waals surface area contributed by atoms with Gasteiger partial charge in [0.15, 0.2) is 5.69 Å². The third-order valence-electron chi connectivity index (χ3n) is 3.11. The summed E-state index contributed by atoms with van der Waals surface area (Å²) in [5, 5.41) is 8.69. The lowest BCUT2D eigenvalue weighted by atomic mass is 10.3. The Bertz CT molecular complexity index is 479. The van der Waals surface area contributed by atoms with Gasteiger partial charge in [0, 0.05) is 19.6 Å². The summed E-state index contributed by atoms with van der Waals surface area (Å²) in [7, 11) is 0. The second kappa shape index (κ2) is 6.14. The average Bonchev–Trinajstić information content (AvgIpc) is 2.62. The molecular weight excluding hydrogens is 242 g/mol. The van der Waals surface area contributed by atoms with E-state index in [4.69, 9.17) is 5.26 Å². The highest BCUT2D eigenvalue weighted by molar-refractivity contribution is 5.81. The Morgan fingerprint density at radius 3 is 2.84 bits per heavy atom. The number of anilines is 1. The summed E-state index contributed by atoms with van der Waals surface area (Å²) in [6.07, 6.45) is 4.89. The molecular formula is C13H17N5O. The summed E-state index contributed by atoms with van der Waals surface area (Å²) in [5.41, 5.74) is 0.289. The molecule has 0 N–H and O–H groups in total. The van der Waals surface area contributed by atoms with E-state index < -0.39 is 0 Å². The molecule has 1 aromatic rings. The highest BCUT2D eigenvalue weighted by Crippen LogP contribution is 2.13. The minimum atomic E-state index is 0.130. The van der Waals surface area contributed by atoms with E-state index in [-0.39, 0.29) is 11.6 Å². The van der Waals surface area contributed by atoms with Crippen LogP contribution in [0.5, 0.6) is 0 Å². The molecule has 6 nitrogen and oxygen atoms in total. The van der Waals surface area contributed by atoms with Gasteiger partial charge in [-0.15, -0.1) is 0 Å². The van der Waals surface area contributed by atoms with E-state index in [1.807, 2.05) is 15.9 Å². The molecule has 100 valence electrons. The van der Waals surface area contributed by atoms with Gasteiger partial charge < -0.3 is 9.80 Å². The second-order valence-corrected chi connectivity index (χ2v) is 4.53. The fourth-order valence-corrected chi connectivity index (χ4v) is 2.16. The van der Waals surface area contributed by atoms with Gasteiger partial charge in [-0.05, 0) is 12.8 Å². The fourth-order valence-electron chi connectivity index (χ4n) is 2.16. The van der Waals surface area contributed by atoms with E-state index in [9.17, 15) is 4.79 Å². The smallest absolute Gasteiger partial charge is 0.242 e. The first-order chi connectivity index (χ1) is 9.24. The first-order valence-electron chi connectivity index (χ1n) is 6.49. The van der Waals surface area contributed by atoms with E-state index in [0.717, 1.165) is 32.5 Å². The zero-order chi connectivity index (χ0) is 13.7. The topological polar surface area (TPSA) is 73.1 Å². The normalized spacial score (nSPS) is 16.1. The number of hydrogen-bond acceptors (Lipinski definition) is 5. The summed E-state index contributed by atoms with van der Waals surface area (Å²) in [4.78, 5) is 24.1. The number of rotatable bonds is 3. The molecule has 1 amide bonds. The van der Waals surface area contributed by atoms with Crippen LogP contribution in [-0.4, -0.2) is 47.0 Å². The lowest BCUT2D eigenvalue weighted by Gasteiger charge is -2.21. The molecule has 1 fully saturated rings. The van der Waals surface area contributed by atoms with Crippen LogP contribution in [0.4, 0.5) is 5.82 Å². The van der Waals surface area contributed by atoms with E-state index >= 15 is 0 Å². The van der Waals surface area contributed by atoms with E-state index in [2.05, 4.69) is 16.9 Å². The Labute approximate surface area is 112 Å². The van der Waals surface area contributed by atoms with E-state index in [0.29, 0.717) is 12.4 Å². The molecule has 0 radical (unpaired) electrons. The first kappa shape index (κ1) is 13.3. The van der Waals surface area contributed by atoms with Crippen LogP contribution in [0.15, 0.2) is 12.4 Å². The molecule has 1 saturated heterocycles. The minimum absolute atomic E-state index is 0.130. The number of amides is 1. The van der Waals surface area contributed by atoms with Crippen molar-refractivity contribution in [3.8, 4) is 6.07 Å². The molecule has 0 aromatic carbocycles. The maximum Gasteiger partial charge on any atom is 0.242 e. The largest absolute Gasteiger partial charge is 0.346 e. The molecule has 0 bridgehead atoms. The molecule has 0 unspecified atom stereocenters. The van der Waals surface area contributed by atoms with Crippen LogP contribution in [0.1, 0.15) is 25.5 Å². The predicted octanol–water partition coefficient (Wildman–Crippen LogP) is 0.797. The lowest BCUT2D eigenvalue weighted by molar-refractivity contribution is -0.129. The molecule has 0 saturated carbocycles. The first-order valence-corrected chi connectivity index (χ1v) is 6.49. The number of carbonyl (C=O) groups excluding carboxylic acids is 1. The van der Waals surface area contributed by atoms with Crippen molar-refractivity contribution in [1.29, 1.82) is 5.26 Å². The third kappa shape index (κ3) is 3.19. The molecule has 19 heavy (non-hydrogen) atoms. The Kier molecular flexibility index (Phi) is 4.29. The zero-order valence-corrected chi connectivity index (χ0v) is 11.0. The van der Waals surface area contributed by atoms with Crippen molar-refractivity contribution in [1.82, 2.24) is 14.9 Å². The minimum Gasteiger partial charge on any atom is -0.346 e. The highest BCUT2D eigenvalue weighted by Gasteiger charge is 2.21. The van der Waals surface area contributed by atoms with Crippen molar-refractivity contribution < 1.29 is 4.79 Å². The monoisotopic (exact) mass is 259 g/mol. The SMILES string of the molecule is CCCN1CCCN(c2cnc(C#N)cn2)CC1=O. The Balaban J connectivity index is 2.08. The van der Waals surface area contributed by atoms with Gasteiger partial charge >= 0.3 is 0 Å². The predicted molar refractivity (Wildman–Crippen MR) is 70.4 cm³/mol. The van der Waals surface area contributed by atoms with Crippen molar-refractivity contribution >= 4 is 11.7 Å². The highest BCUT2D eigenvalue weighted by atomic mass is 16.2. The number of carbonyl (C=O) groups is 1. The van der Waals surface area contributed by atoms with Gasteiger partial charge in [0.2, 0.25) is 5.91 Å². The number of hydrogen-bond donors (Lipinski definition) is 0. The molecule has 1 aliphatic heterocycles. The molecule has 2 heterocycles. The molecule has 2 rings (SSSR count). The van der Waals surface area contributed by atoms with Crippen LogP contribution < -0.4 is 4.90 Å². The Morgan fingerprint density at radius 1 is 1.37 bits per heavy atom. The standard InChI is InChI=1S/C13H17N5O/c1-2-4-17-5-3-6-18(10-13(17)19)12-9-15-11(7-14)8-16-12/h8-9H,2-6,10H2,1H3. The maximum atomic E-state index is 12.1. The molecule has 1 aromatic heterocycles. The summed E-state index contributed by atoms with van der Waals surface area (Å²) < 4.78 is 0. The van der Waals surface area contributed by atoms with Gasteiger partial charge in [0.1, 0.15) is 11.9 Å². The molecule has 0 aliphatic carbocycles. The van der Waals surface area contributed by atoms with Crippen molar-refractivity contribution in [3.63, 3.8) is 0 Å². The van der Waals surface area contributed by atoms with E-state index in [1.54, 1.807) is 6.20 Å². The van der Waals surface area contributed by atoms with Crippen LogP contribution in [-0.2, 0) is 4.79 Å². The Hall–Kier alpha value is -2.16. The molecule has 0 spiro atoms. The van der Waals surface area contributed by atoms with Crippen LogP contribution in [0.2, 0.25) is 0 Å². The molecule has 0 atom stereocenters. The molecule has 1 aliphatic rings. The summed E-state index contributed by atoms with van der Waals surface area (Å²) in [6.45, 7) is 4.80. The van der Waals surface area contributed by atoms with Gasteiger partial charge in [0.05, 0.1) is 18.9 Å². The van der Waals surface area contributed by atoms with Gasteiger partial charge in [-0.25, -0.2) is 9.97 Å². The number of nitriles is 1. The lowest BCUT2D eigenvalue weighted by Crippen LogP contribution is -2.37. The van der Waals surface area contributed by atoms with Crippen LogP contribution in [0, 0.1) is 11.3 Å². The van der Waals surface area contributed by atoms with Crippen LogP contribution >= 0.6 is 0 Å². The third-order valence-corrected chi connectivity index (χ3v) is 3.11. The zero-order valence-electron chi connectivity index (χ0n) is 11.0. The summed E-state index contributed by atoms with van der Waals surface area (Å²) in [6, 6.07) is 1.93. The van der Waals surface area contributed by atoms with Gasteiger partial charge in [-0.2, -0.15) is 5.26 Å². The number of nitrogens with zero attached hydrogens (tertiary/aromatic N) is 5. The van der Waals surface area contributed by atoms with Crippen LogP contribution in [0.25, 0.3) is 0 Å². The summed E-state index contributed by atoms with van der Waals surface area (Å²) in [5.74, 6) is 0.788. The van der Waals surface area contributed by atoms with E-state index in [1.165, 1.54) is 6.20 Å².